The molecule has 0 saturated carbocycles. The van der Waals surface area contributed by atoms with Gasteiger partial charge in [-0.1, -0.05) is 5.16 Å². The van der Waals surface area contributed by atoms with Gasteiger partial charge in [0.15, 0.2) is 5.69 Å². The van der Waals surface area contributed by atoms with Crippen molar-refractivity contribution in [1.82, 2.24) is 10.1 Å². The summed E-state index contributed by atoms with van der Waals surface area (Å²) in [5.41, 5.74) is 6.18. The van der Waals surface area contributed by atoms with Gasteiger partial charge in [0, 0.05) is 25.2 Å². The van der Waals surface area contributed by atoms with E-state index in [1.807, 2.05) is 0 Å². The molecule has 0 unspecified atom stereocenters. The van der Waals surface area contributed by atoms with Crippen LogP contribution in [-0.2, 0) is 0 Å². The van der Waals surface area contributed by atoms with Crippen LogP contribution in [0.25, 0.3) is 0 Å². The Morgan fingerprint density at radius 2 is 2.44 bits per heavy atom. The number of amides is 1. The Balaban J connectivity index is 0.00000128. The van der Waals surface area contributed by atoms with E-state index in [9.17, 15) is 4.79 Å². The molecule has 1 fully saturated rings. The molecule has 0 bridgehead atoms. The van der Waals surface area contributed by atoms with Gasteiger partial charge in [0.1, 0.15) is 5.76 Å². The van der Waals surface area contributed by atoms with Crippen molar-refractivity contribution < 1.29 is 9.32 Å². The maximum Gasteiger partial charge on any atom is 0.276 e. The molecular weight excluding hydrogens is 230 g/mol. The molecule has 90 valence electrons. The summed E-state index contributed by atoms with van der Waals surface area (Å²) < 4.78 is 4.87. The molecule has 1 atom stereocenters. The van der Waals surface area contributed by atoms with Gasteiger partial charge in [-0.2, -0.15) is 0 Å². The number of likely N-dealkylation sites (tertiary alicyclic amines) is 1. The smallest absolute Gasteiger partial charge is 0.276 e. The average molecular weight is 246 g/mol. The molecule has 2 rings (SSSR count). The van der Waals surface area contributed by atoms with Gasteiger partial charge in [-0.15, -0.1) is 12.4 Å². The molecule has 1 amide bonds. The lowest BCUT2D eigenvalue weighted by atomic mass is 10.1. The minimum Gasteiger partial charge on any atom is -0.361 e. The van der Waals surface area contributed by atoms with E-state index in [2.05, 4.69) is 5.16 Å². The van der Waals surface area contributed by atoms with Crippen molar-refractivity contribution >= 4 is 18.3 Å². The van der Waals surface area contributed by atoms with Crippen molar-refractivity contribution in [2.75, 3.05) is 13.1 Å². The van der Waals surface area contributed by atoms with Crippen LogP contribution in [-0.4, -0.2) is 35.1 Å². The van der Waals surface area contributed by atoms with E-state index in [4.69, 9.17) is 10.3 Å². The van der Waals surface area contributed by atoms with Crippen molar-refractivity contribution in [2.24, 2.45) is 5.73 Å². The fourth-order valence-corrected chi connectivity index (χ4v) is 1.82. The van der Waals surface area contributed by atoms with Crippen molar-refractivity contribution in [2.45, 2.75) is 25.8 Å². The van der Waals surface area contributed by atoms with Crippen molar-refractivity contribution in [3.63, 3.8) is 0 Å². The fourth-order valence-electron chi connectivity index (χ4n) is 1.82. The van der Waals surface area contributed by atoms with E-state index in [0.717, 1.165) is 19.4 Å². The summed E-state index contributed by atoms with van der Waals surface area (Å²) in [5.74, 6) is 0.571. The summed E-state index contributed by atoms with van der Waals surface area (Å²) in [4.78, 5) is 13.6. The van der Waals surface area contributed by atoms with Crippen LogP contribution in [0.4, 0.5) is 0 Å². The van der Waals surface area contributed by atoms with Crippen LogP contribution in [0.1, 0.15) is 29.1 Å². The topological polar surface area (TPSA) is 72.4 Å². The lowest BCUT2D eigenvalue weighted by Gasteiger charge is -2.29. The largest absolute Gasteiger partial charge is 0.361 e. The number of piperidine rings is 1. The summed E-state index contributed by atoms with van der Waals surface area (Å²) in [6.45, 7) is 3.15. The van der Waals surface area contributed by atoms with E-state index in [-0.39, 0.29) is 24.4 Å². The number of hydrogen-bond acceptors (Lipinski definition) is 4. The van der Waals surface area contributed by atoms with Crippen LogP contribution in [0.15, 0.2) is 10.6 Å². The molecule has 0 aliphatic carbocycles. The summed E-state index contributed by atoms with van der Waals surface area (Å²) >= 11 is 0. The highest BCUT2D eigenvalue weighted by Gasteiger charge is 2.24. The Hall–Kier alpha value is -1.07. The van der Waals surface area contributed by atoms with Gasteiger partial charge in [0.05, 0.1) is 0 Å². The molecule has 16 heavy (non-hydrogen) atoms. The first kappa shape index (κ1) is 13.0. The molecule has 1 aromatic rings. The Bertz CT molecular complexity index is 367. The molecule has 5 nitrogen and oxygen atoms in total. The number of nitrogens with two attached hydrogens (primary N) is 1. The van der Waals surface area contributed by atoms with Gasteiger partial charge in [-0.05, 0) is 19.8 Å². The molecule has 6 heteroatoms. The summed E-state index contributed by atoms with van der Waals surface area (Å²) in [6, 6.07) is 1.75. The van der Waals surface area contributed by atoms with Crippen LogP contribution >= 0.6 is 12.4 Å². The standard InChI is InChI=1S/C10H15N3O2.ClH/c1-7-5-9(12-15-7)10(14)13-4-2-3-8(11)6-13;/h5,8H,2-4,6,11H2,1H3;1H/t8-;/m1./s1. The first-order chi connectivity index (χ1) is 7.16. The molecule has 0 radical (unpaired) electrons. The molecule has 0 spiro atoms. The quantitative estimate of drug-likeness (QED) is 0.800. The van der Waals surface area contributed by atoms with Crippen LogP contribution in [0.2, 0.25) is 0 Å². The maximum absolute atomic E-state index is 11.9. The van der Waals surface area contributed by atoms with E-state index in [1.165, 1.54) is 0 Å². The first-order valence-corrected chi connectivity index (χ1v) is 5.15. The second kappa shape index (κ2) is 5.32. The van der Waals surface area contributed by atoms with Gasteiger partial charge in [0.25, 0.3) is 5.91 Å². The molecule has 1 saturated heterocycles. The molecule has 0 aromatic carbocycles. The molecule has 2 N–H and O–H groups in total. The van der Waals surface area contributed by atoms with Gasteiger partial charge >= 0.3 is 0 Å². The van der Waals surface area contributed by atoms with E-state index in [1.54, 1.807) is 17.9 Å². The first-order valence-electron chi connectivity index (χ1n) is 5.15. The van der Waals surface area contributed by atoms with Gasteiger partial charge in [0.2, 0.25) is 0 Å². The lowest BCUT2D eigenvalue weighted by molar-refractivity contribution is 0.0698. The Labute approximate surface area is 100 Å². The highest BCUT2D eigenvalue weighted by Crippen LogP contribution is 2.12. The number of hydrogen-bond donors (Lipinski definition) is 1. The zero-order valence-electron chi connectivity index (χ0n) is 9.18. The zero-order chi connectivity index (χ0) is 10.8. The Morgan fingerprint density at radius 3 is 3.00 bits per heavy atom. The number of aryl methyl sites for hydroxylation is 1. The van der Waals surface area contributed by atoms with E-state index < -0.39 is 0 Å². The third kappa shape index (κ3) is 2.74. The Kier molecular flexibility index (Phi) is 4.32. The number of rotatable bonds is 1. The fraction of sp³-hybridized carbons (Fsp3) is 0.600. The van der Waals surface area contributed by atoms with Gasteiger partial charge < -0.3 is 15.2 Å². The SMILES string of the molecule is Cc1cc(C(=O)N2CCC[C@@H](N)C2)no1.Cl. The van der Waals surface area contributed by atoms with Crippen molar-refractivity contribution in [3.8, 4) is 0 Å². The molecule has 1 aliphatic heterocycles. The molecule has 2 heterocycles. The van der Waals surface area contributed by atoms with Crippen LogP contribution < -0.4 is 5.73 Å². The number of carbonyl (C=O) groups is 1. The minimum atomic E-state index is -0.0815. The molecular formula is C10H16ClN3O2. The predicted molar refractivity (Wildman–Crippen MR) is 61.6 cm³/mol. The normalized spacial score (nSPS) is 20.4. The number of halogens is 1. The predicted octanol–water partition coefficient (Wildman–Crippen LogP) is 0.968. The van der Waals surface area contributed by atoms with Crippen LogP contribution in [0.3, 0.4) is 0 Å². The lowest BCUT2D eigenvalue weighted by Crippen LogP contribution is -2.45. The second-order valence-corrected chi connectivity index (χ2v) is 3.98. The second-order valence-electron chi connectivity index (χ2n) is 3.98. The summed E-state index contributed by atoms with van der Waals surface area (Å²) in [5, 5.41) is 3.71. The molecule has 1 aromatic heterocycles. The van der Waals surface area contributed by atoms with Gasteiger partial charge in [-0.3, -0.25) is 4.79 Å². The highest BCUT2D eigenvalue weighted by atomic mass is 35.5. The number of nitrogens with zero attached hydrogens (tertiary/aromatic N) is 2. The third-order valence-electron chi connectivity index (χ3n) is 2.59. The van der Waals surface area contributed by atoms with E-state index >= 15 is 0 Å². The number of carbonyl (C=O) groups excluding carboxylic acids is 1. The summed E-state index contributed by atoms with van der Waals surface area (Å²) in [7, 11) is 0. The maximum atomic E-state index is 11.9. The van der Waals surface area contributed by atoms with Crippen molar-refractivity contribution in [1.29, 1.82) is 0 Å². The zero-order valence-corrected chi connectivity index (χ0v) is 10.00. The monoisotopic (exact) mass is 245 g/mol. The Morgan fingerprint density at radius 1 is 1.69 bits per heavy atom. The van der Waals surface area contributed by atoms with Crippen LogP contribution in [0.5, 0.6) is 0 Å². The summed E-state index contributed by atoms with van der Waals surface area (Å²) in [6.07, 6.45) is 1.95. The number of aromatic nitrogens is 1. The van der Waals surface area contributed by atoms with E-state index in [0.29, 0.717) is 18.0 Å². The molecule has 1 aliphatic rings. The highest BCUT2D eigenvalue weighted by molar-refractivity contribution is 5.92. The third-order valence-corrected chi connectivity index (χ3v) is 2.59. The average Bonchev–Trinajstić information content (AvgIpc) is 2.64. The van der Waals surface area contributed by atoms with Crippen LogP contribution in [0, 0.1) is 6.92 Å². The van der Waals surface area contributed by atoms with Crippen molar-refractivity contribution in [3.05, 3.63) is 17.5 Å². The minimum absolute atomic E-state index is 0. The van der Waals surface area contributed by atoms with Gasteiger partial charge in [-0.25, -0.2) is 0 Å².